The largest absolute Gasteiger partial charge is 3.00 e. The van der Waals surface area contributed by atoms with E-state index >= 15 is 0 Å². The number of imidazole rings is 4. The standard InChI is InChI=1S/C43H49N10O.C4H10O.C3H7NO.2BF4.3ClH.2Fe/c1-5-50-36-21-13-9-17-32(36)44-40(50)27-48(28-41-45-33-18-10-14-22-37(33)51(41)6-2)25-31(54)26-49(29-42-46-34-19-11-15-23-38(34)52(42)7-3)30-43-47-35-20-12-16-24-39(35)53(43)8-4;1-3-5-4-2;1-4(2)3-5;2*2-1(3,4)5;;;;;/h9-24,31H,5-8,25-30H2,1-4H3;3-4H2,1-2H3;3H,1-2H3;;;3*1H;;/q-1;;;2*-1;;;;2*+3/p-3. The monoisotopic (exact) mass is 1260 g/mol. The van der Waals surface area contributed by atoms with E-state index in [0.717, 1.165) is 113 Å². The van der Waals surface area contributed by atoms with Crippen molar-refractivity contribution in [3.63, 3.8) is 0 Å². The second-order valence-electron chi connectivity index (χ2n) is 16.8. The Balaban J connectivity index is 0. The van der Waals surface area contributed by atoms with Gasteiger partial charge in [-0.05, 0) is 103 Å². The first-order chi connectivity index (χ1) is 35.2. The van der Waals surface area contributed by atoms with Crippen LogP contribution in [0.1, 0.15) is 64.8 Å². The van der Waals surface area contributed by atoms with Gasteiger partial charge in [-0.15, -0.1) is 6.10 Å². The van der Waals surface area contributed by atoms with Gasteiger partial charge in [-0.25, -0.2) is 19.9 Å². The van der Waals surface area contributed by atoms with Gasteiger partial charge in [0.1, 0.15) is 23.3 Å². The summed E-state index contributed by atoms with van der Waals surface area (Å²) in [6, 6.07) is 33.1. The third-order valence-corrected chi connectivity index (χ3v) is 11.2. The van der Waals surface area contributed by atoms with Gasteiger partial charge in [-0.1, -0.05) is 48.5 Å². The number of aromatic nitrogens is 8. The molecular formula is C50H66B2Cl3F8Fe2N11O3. The average Bonchev–Trinajstić information content (AvgIpc) is 4.09. The van der Waals surface area contributed by atoms with Crippen molar-refractivity contribution >= 4 is 65.1 Å². The van der Waals surface area contributed by atoms with Crippen LogP contribution >= 0.6 is 0 Å². The Bertz CT molecular complexity index is 2600. The molecule has 438 valence electrons. The summed E-state index contributed by atoms with van der Waals surface area (Å²) < 4.78 is 91.9. The molecular weight excluding hydrogens is 1190 g/mol. The summed E-state index contributed by atoms with van der Waals surface area (Å²) in [5.74, 6) is 3.82. The molecule has 1 amide bonds. The number of hydrogen-bond acceptors (Lipinski definition) is 9. The normalized spacial score (nSPS) is 10.9. The van der Waals surface area contributed by atoms with E-state index in [4.69, 9.17) is 24.7 Å². The molecule has 0 spiro atoms. The molecule has 4 aromatic carbocycles. The van der Waals surface area contributed by atoms with Crippen molar-refractivity contribution in [3.05, 3.63) is 120 Å². The molecule has 0 unspecified atom stereocenters. The topological polar surface area (TPSA) is 130 Å². The molecule has 79 heavy (non-hydrogen) atoms. The molecule has 29 heteroatoms. The molecule has 0 saturated heterocycles. The molecule has 8 rings (SSSR count). The van der Waals surface area contributed by atoms with Crippen molar-refractivity contribution in [3.8, 4) is 0 Å². The van der Waals surface area contributed by atoms with E-state index in [9.17, 15) is 44.4 Å². The molecule has 4 heterocycles. The Morgan fingerprint density at radius 2 is 0.684 bits per heavy atom. The van der Waals surface area contributed by atoms with Crippen LogP contribution in [0.25, 0.3) is 44.1 Å². The molecule has 14 nitrogen and oxygen atoms in total. The SMILES string of the molecule is CCOCC.CCn1c(CN(Cc2nc3ccccc3n2CC)CC([O-])CN(Cc2nc3ccccc3n2CC)Cc2nc3ccccc3n2CC)nc2ccccc21.CN(C)C=O.F[B-](F)(F)F.F[B-](F)(F)F.[Cl-].[Cl-].[Cl-].[Fe+3].[Fe+3]. The van der Waals surface area contributed by atoms with Crippen LogP contribution in [0.15, 0.2) is 97.1 Å². The number of carbonyl (C=O) groups is 1. The van der Waals surface area contributed by atoms with Crippen molar-refractivity contribution in [2.24, 2.45) is 0 Å². The molecule has 2 radical (unpaired) electrons. The number of aryl methyl sites for hydroxylation is 4. The minimum atomic E-state index is -6.00. The van der Waals surface area contributed by atoms with Crippen LogP contribution in [-0.4, -0.2) is 120 Å². The third-order valence-electron chi connectivity index (χ3n) is 11.2. The smallest absolute Gasteiger partial charge is 1.00 e. The van der Waals surface area contributed by atoms with E-state index in [0.29, 0.717) is 39.3 Å². The molecule has 0 saturated carbocycles. The van der Waals surface area contributed by atoms with Crippen LogP contribution in [0.4, 0.5) is 34.5 Å². The Morgan fingerprint density at radius 1 is 0.481 bits per heavy atom. The van der Waals surface area contributed by atoms with Crippen LogP contribution in [0.5, 0.6) is 0 Å². The first kappa shape index (κ1) is 76.6. The first-order valence-electron chi connectivity index (χ1n) is 24.5. The second-order valence-corrected chi connectivity index (χ2v) is 16.8. The van der Waals surface area contributed by atoms with Gasteiger partial charge >= 0.3 is 48.6 Å². The van der Waals surface area contributed by atoms with Crippen LogP contribution in [0, 0.1) is 0 Å². The van der Waals surface area contributed by atoms with E-state index in [2.05, 4.69) is 129 Å². The summed E-state index contributed by atoms with van der Waals surface area (Å²) in [7, 11) is -8.62. The van der Waals surface area contributed by atoms with Crippen molar-refractivity contribution < 1.29 is 121 Å². The third kappa shape index (κ3) is 24.7. The van der Waals surface area contributed by atoms with E-state index in [-0.39, 0.29) is 71.4 Å². The zero-order chi connectivity index (χ0) is 54.6. The summed E-state index contributed by atoms with van der Waals surface area (Å²) in [6.07, 6.45) is -0.178. The van der Waals surface area contributed by atoms with Gasteiger partial charge in [-0.2, -0.15) is 0 Å². The maximum atomic E-state index is 14.6. The number of carbonyl (C=O) groups excluding carboxylic acids is 1. The van der Waals surface area contributed by atoms with Gasteiger partial charge in [0.2, 0.25) is 6.41 Å². The van der Waals surface area contributed by atoms with Crippen molar-refractivity contribution in [2.45, 2.75) is 100 Å². The van der Waals surface area contributed by atoms with E-state index in [1.807, 2.05) is 38.1 Å². The Morgan fingerprint density at radius 3 is 0.848 bits per heavy atom. The molecule has 0 atom stereocenters. The maximum Gasteiger partial charge on any atom is 3.00 e. The number of halogens is 11. The Labute approximate surface area is 496 Å². The van der Waals surface area contributed by atoms with Crippen molar-refractivity contribution in [2.75, 3.05) is 40.4 Å². The molecule has 8 aromatic rings. The quantitative estimate of drug-likeness (QED) is 0.0661. The fourth-order valence-corrected chi connectivity index (χ4v) is 8.40. The summed E-state index contributed by atoms with van der Waals surface area (Å²) >= 11 is 0. The van der Waals surface area contributed by atoms with Gasteiger partial charge < -0.3 is 105 Å². The summed E-state index contributed by atoms with van der Waals surface area (Å²) in [6.45, 7) is 20.2. The maximum absolute atomic E-state index is 14.6. The summed E-state index contributed by atoms with van der Waals surface area (Å²) in [4.78, 5) is 35.7. The molecule has 0 bridgehead atoms. The van der Waals surface area contributed by atoms with Crippen LogP contribution < -0.4 is 42.3 Å². The number of rotatable bonds is 19. The Kier molecular flexibility index (Phi) is 36.4. The molecule has 0 aliphatic heterocycles. The molecule has 0 fully saturated rings. The number of hydrogen-bond donors (Lipinski definition) is 0. The second kappa shape index (κ2) is 37.5. The number of fused-ring (bicyclic) bond motifs is 4. The van der Waals surface area contributed by atoms with Gasteiger partial charge in [0.15, 0.2) is 0 Å². The number of nitrogens with zero attached hydrogens (tertiary/aromatic N) is 11. The fraction of sp³-hybridized carbons (Fsp3) is 0.420. The number of benzene rings is 4. The van der Waals surface area contributed by atoms with Gasteiger partial charge in [-0.3, -0.25) is 14.6 Å². The molecule has 0 aliphatic rings. The first-order valence-corrected chi connectivity index (χ1v) is 24.5. The Hall–Kier alpha value is -4.45. The molecule has 0 N–H and O–H groups in total. The minimum absolute atomic E-state index is 0. The van der Waals surface area contributed by atoms with E-state index < -0.39 is 20.6 Å². The average molecular weight is 1260 g/mol. The zero-order valence-corrected chi connectivity index (χ0v) is 49.5. The molecule has 4 aromatic heterocycles. The van der Waals surface area contributed by atoms with Crippen LogP contribution in [0.3, 0.4) is 0 Å². The van der Waals surface area contributed by atoms with Crippen molar-refractivity contribution in [1.29, 1.82) is 0 Å². The van der Waals surface area contributed by atoms with Gasteiger partial charge in [0, 0.05) is 53.5 Å². The van der Waals surface area contributed by atoms with E-state index in [1.165, 1.54) is 4.90 Å². The number of ether oxygens (including phenoxy) is 1. The summed E-state index contributed by atoms with van der Waals surface area (Å²) in [5.41, 5.74) is 8.32. The predicted octanol–water partition coefficient (Wildman–Crippen LogP) is 0.953. The van der Waals surface area contributed by atoms with Gasteiger partial charge in [0.25, 0.3) is 0 Å². The number of para-hydroxylation sites is 8. The van der Waals surface area contributed by atoms with Crippen LogP contribution in [0.2, 0.25) is 0 Å². The van der Waals surface area contributed by atoms with E-state index in [1.54, 1.807) is 14.1 Å². The fourth-order valence-electron chi connectivity index (χ4n) is 8.40. The van der Waals surface area contributed by atoms with Crippen molar-refractivity contribution in [1.82, 2.24) is 52.9 Å². The van der Waals surface area contributed by atoms with Gasteiger partial charge in [0.05, 0.1) is 70.3 Å². The molecule has 0 aliphatic carbocycles. The zero-order valence-electron chi connectivity index (χ0n) is 45.0. The van der Waals surface area contributed by atoms with Crippen LogP contribution in [-0.2, 0) is 96.0 Å². The summed E-state index contributed by atoms with van der Waals surface area (Å²) in [5, 5.41) is 14.6. The minimum Gasteiger partial charge on any atom is -1.00 e. The number of amides is 1. The predicted molar refractivity (Wildman–Crippen MR) is 276 cm³/mol.